The van der Waals surface area contributed by atoms with Gasteiger partial charge in [-0.2, -0.15) is 0 Å². The van der Waals surface area contributed by atoms with Crippen molar-refractivity contribution in [2.45, 2.75) is 32.3 Å². The van der Waals surface area contributed by atoms with Crippen molar-refractivity contribution >= 4 is 5.91 Å². The molecule has 2 rings (SSSR count). The molecule has 2 unspecified atom stereocenters. The second-order valence-electron chi connectivity index (χ2n) is 3.90. The van der Waals surface area contributed by atoms with Gasteiger partial charge in [-0.25, -0.2) is 0 Å². The minimum atomic E-state index is 0.194. The second kappa shape index (κ2) is 2.73. The predicted octanol–water partition coefficient (Wildman–Crippen LogP) is 0.692. The number of rotatable bonds is 0. The molecule has 1 amide bonds. The fourth-order valence-electron chi connectivity index (χ4n) is 2.19. The van der Waals surface area contributed by atoms with Crippen molar-refractivity contribution < 1.29 is 9.53 Å². The molecule has 12 heavy (non-hydrogen) atoms. The number of ether oxygens (including phenoxy) is 1. The van der Waals surface area contributed by atoms with E-state index >= 15 is 0 Å². The fourth-order valence-corrected chi connectivity index (χ4v) is 2.19. The molecule has 0 saturated carbocycles. The third-order valence-corrected chi connectivity index (χ3v) is 3.32. The van der Waals surface area contributed by atoms with E-state index in [2.05, 4.69) is 12.2 Å². The molecule has 0 bridgehead atoms. The summed E-state index contributed by atoms with van der Waals surface area (Å²) in [5.41, 5.74) is 0.258. The molecule has 0 aromatic carbocycles. The van der Waals surface area contributed by atoms with Gasteiger partial charge in [-0.05, 0) is 19.8 Å². The van der Waals surface area contributed by atoms with Crippen LogP contribution in [0.25, 0.3) is 0 Å². The van der Waals surface area contributed by atoms with Gasteiger partial charge in [0.25, 0.3) is 0 Å². The van der Waals surface area contributed by atoms with E-state index < -0.39 is 0 Å². The molecule has 3 heteroatoms. The highest BCUT2D eigenvalue weighted by atomic mass is 16.5. The average molecular weight is 169 g/mol. The smallest absolute Gasteiger partial charge is 0.220 e. The van der Waals surface area contributed by atoms with Crippen molar-refractivity contribution in [1.29, 1.82) is 0 Å². The lowest BCUT2D eigenvalue weighted by molar-refractivity contribution is -0.125. The molecule has 0 radical (unpaired) electrons. The van der Waals surface area contributed by atoms with Crippen LogP contribution >= 0.6 is 0 Å². The van der Waals surface area contributed by atoms with Gasteiger partial charge in [0.2, 0.25) is 5.91 Å². The topological polar surface area (TPSA) is 38.3 Å². The summed E-state index contributed by atoms with van der Waals surface area (Å²) in [5, 5.41) is 2.93. The van der Waals surface area contributed by atoms with Crippen molar-refractivity contribution in [3.8, 4) is 0 Å². The molecule has 2 saturated heterocycles. The standard InChI is InChI=1S/C9H15NO2/c1-7-9(4-5-12-7)3-2-8(11)10-6-9/h7H,2-6H2,1H3,(H,10,11). The van der Waals surface area contributed by atoms with Crippen molar-refractivity contribution in [2.24, 2.45) is 5.41 Å². The maximum Gasteiger partial charge on any atom is 0.220 e. The molecule has 2 aliphatic heterocycles. The Morgan fingerprint density at radius 1 is 1.58 bits per heavy atom. The van der Waals surface area contributed by atoms with Crippen molar-refractivity contribution in [2.75, 3.05) is 13.2 Å². The number of nitrogens with one attached hydrogen (secondary N) is 1. The lowest BCUT2D eigenvalue weighted by Gasteiger charge is -2.35. The number of amides is 1. The molecule has 1 spiro atoms. The Bertz CT molecular complexity index is 193. The summed E-state index contributed by atoms with van der Waals surface area (Å²) in [4.78, 5) is 11.0. The van der Waals surface area contributed by atoms with Crippen LogP contribution in [0.3, 0.4) is 0 Å². The Hall–Kier alpha value is -0.570. The summed E-state index contributed by atoms with van der Waals surface area (Å²) in [7, 11) is 0. The van der Waals surface area contributed by atoms with Crippen LogP contribution in [-0.2, 0) is 9.53 Å². The van der Waals surface area contributed by atoms with Crippen LogP contribution in [0, 0.1) is 5.41 Å². The molecule has 0 aromatic rings. The first-order valence-corrected chi connectivity index (χ1v) is 4.61. The molecule has 0 aliphatic carbocycles. The Morgan fingerprint density at radius 3 is 2.92 bits per heavy atom. The summed E-state index contributed by atoms with van der Waals surface area (Å²) < 4.78 is 5.53. The maximum atomic E-state index is 11.0. The maximum absolute atomic E-state index is 11.0. The first kappa shape index (κ1) is 8.05. The van der Waals surface area contributed by atoms with E-state index in [0.717, 1.165) is 26.0 Å². The molecule has 1 N–H and O–H groups in total. The summed E-state index contributed by atoms with van der Waals surface area (Å²) in [6.07, 6.45) is 3.10. The predicted molar refractivity (Wildman–Crippen MR) is 44.7 cm³/mol. The summed E-state index contributed by atoms with van der Waals surface area (Å²) in [6, 6.07) is 0. The van der Waals surface area contributed by atoms with E-state index in [9.17, 15) is 4.79 Å². The van der Waals surface area contributed by atoms with Crippen molar-refractivity contribution in [1.82, 2.24) is 5.32 Å². The Kier molecular flexibility index (Phi) is 1.83. The fraction of sp³-hybridized carbons (Fsp3) is 0.889. The van der Waals surface area contributed by atoms with Gasteiger partial charge >= 0.3 is 0 Å². The minimum absolute atomic E-state index is 0.194. The van der Waals surface area contributed by atoms with Crippen LogP contribution in [0.15, 0.2) is 0 Å². The summed E-state index contributed by atoms with van der Waals surface area (Å²) >= 11 is 0. The van der Waals surface area contributed by atoms with Gasteiger partial charge in [-0.3, -0.25) is 4.79 Å². The number of carbonyl (C=O) groups excluding carboxylic acids is 1. The van der Waals surface area contributed by atoms with Crippen LogP contribution in [0.4, 0.5) is 0 Å². The van der Waals surface area contributed by atoms with E-state index in [4.69, 9.17) is 4.74 Å². The molecular formula is C9H15NO2. The minimum Gasteiger partial charge on any atom is -0.378 e. The summed E-state index contributed by atoms with van der Waals surface area (Å²) in [5.74, 6) is 0.194. The first-order chi connectivity index (χ1) is 5.73. The van der Waals surface area contributed by atoms with Gasteiger partial charge in [0, 0.05) is 25.0 Å². The number of hydrogen-bond donors (Lipinski definition) is 1. The van der Waals surface area contributed by atoms with Crippen molar-refractivity contribution in [3.05, 3.63) is 0 Å². The van der Waals surface area contributed by atoms with E-state index in [0.29, 0.717) is 12.5 Å². The van der Waals surface area contributed by atoms with E-state index in [1.807, 2.05) is 0 Å². The first-order valence-electron chi connectivity index (χ1n) is 4.61. The van der Waals surface area contributed by atoms with Crippen LogP contribution in [-0.4, -0.2) is 25.2 Å². The molecule has 2 aliphatic rings. The number of hydrogen-bond acceptors (Lipinski definition) is 2. The number of carbonyl (C=O) groups is 1. The van der Waals surface area contributed by atoms with Gasteiger partial charge in [-0.1, -0.05) is 0 Å². The van der Waals surface area contributed by atoms with Crippen LogP contribution in [0.2, 0.25) is 0 Å². The zero-order valence-electron chi connectivity index (χ0n) is 7.43. The monoisotopic (exact) mass is 169 g/mol. The van der Waals surface area contributed by atoms with Crippen molar-refractivity contribution in [3.63, 3.8) is 0 Å². The third-order valence-electron chi connectivity index (χ3n) is 3.32. The Labute approximate surface area is 72.5 Å². The molecule has 2 atom stereocenters. The normalized spacial score (nSPS) is 41.8. The van der Waals surface area contributed by atoms with Crippen LogP contribution < -0.4 is 5.32 Å². The third kappa shape index (κ3) is 1.12. The quantitative estimate of drug-likeness (QED) is 0.579. The molecule has 68 valence electrons. The largest absolute Gasteiger partial charge is 0.378 e. The van der Waals surface area contributed by atoms with Crippen LogP contribution in [0.1, 0.15) is 26.2 Å². The lowest BCUT2D eigenvalue weighted by atomic mass is 9.75. The molecule has 2 heterocycles. The van der Waals surface area contributed by atoms with Gasteiger partial charge < -0.3 is 10.1 Å². The Morgan fingerprint density at radius 2 is 2.42 bits per heavy atom. The van der Waals surface area contributed by atoms with Gasteiger partial charge in [-0.15, -0.1) is 0 Å². The van der Waals surface area contributed by atoms with E-state index in [1.54, 1.807) is 0 Å². The highest BCUT2D eigenvalue weighted by molar-refractivity contribution is 5.76. The Balaban J connectivity index is 2.06. The molecule has 0 aromatic heterocycles. The molecule has 3 nitrogen and oxygen atoms in total. The average Bonchev–Trinajstić information content (AvgIpc) is 2.41. The number of piperidine rings is 1. The van der Waals surface area contributed by atoms with E-state index in [-0.39, 0.29) is 11.3 Å². The molecule has 2 fully saturated rings. The summed E-state index contributed by atoms with van der Waals surface area (Å²) in [6.45, 7) is 3.79. The van der Waals surface area contributed by atoms with Gasteiger partial charge in [0.1, 0.15) is 0 Å². The zero-order valence-corrected chi connectivity index (χ0v) is 7.43. The highest BCUT2D eigenvalue weighted by Gasteiger charge is 2.43. The zero-order chi connectivity index (χ0) is 8.60. The van der Waals surface area contributed by atoms with E-state index in [1.165, 1.54) is 0 Å². The van der Waals surface area contributed by atoms with Crippen LogP contribution in [0.5, 0.6) is 0 Å². The lowest BCUT2D eigenvalue weighted by Crippen LogP contribution is -2.46. The highest BCUT2D eigenvalue weighted by Crippen LogP contribution is 2.40. The second-order valence-corrected chi connectivity index (χ2v) is 3.90. The van der Waals surface area contributed by atoms with Gasteiger partial charge in [0.05, 0.1) is 6.10 Å². The molecular weight excluding hydrogens is 154 g/mol. The van der Waals surface area contributed by atoms with Gasteiger partial charge in [0.15, 0.2) is 0 Å². The SMILES string of the molecule is CC1OCCC12CCC(=O)NC2.